The second-order valence-corrected chi connectivity index (χ2v) is 6.26. The van der Waals surface area contributed by atoms with Crippen molar-refractivity contribution in [2.24, 2.45) is 0 Å². The predicted molar refractivity (Wildman–Crippen MR) is 103 cm³/mol. The maximum Gasteiger partial charge on any atom is 0.418 e. The molecular weight excluding hydrogens is 385 g/mol. The minimum atomic E-state index is -4.58. The third kappa shape index (κ3) is 7.14. The van der Waals surface area contributed by atoms with Crippen LogP contribution in [0.4, 0.5) is 18.9 Å². The van der Waals surface area contributed by atoms with E-state index in [1.54, 1.807) is 6.92 Å². The molecule has 2 amide bonds. The number of rotatable bonds is 9. The zero-order valence-corrected chi connectivity index (χ0v) is 16.0. The molecule has 2 aromatic rings. The molecular formula is C21H23F3N2O3. The Morgan fingerprint density at radius 2 is 1.69 bits per heavy atom. The molecule has 5 nitrogen and oxygen atoms in total. The van der Waals surface area contributed by atoms with Crippen LogP contribution in [-0.4, -0.2) is 36.4 Å². The smallest absolute Gasteiger partial charge is 0.418 e. The monoisotopic (exact) mass is 408 g/mol. The highest BCUT2D eigenvalue weighted by atomic mass is 19.4. The molecule has 1 N–H and O–H groups in total. The molecule has 0 aromatic heterocycles. The van der Waals surface area contributed by atoms with Crippen LogP contribution < -0.4 is 10.1 Å². The number of para-hydroxylation sites is 2. The Labute approximate surface area is 167 Å². The fourth-order valence-electron chi connectivity index (χ4n) is 2.67. The van der Waals surface area contributed by atoms with Gasteiger partial charge in [0.05, 0.1) is 24.4 Å². The summed E-state index contributed by atoms with van der Waals surface area (Å²) in [4.78, 5) is 25.8. The zero-order chi connectivity index (χ0) is 21.3. The normalized spacial score (nSPS) is 11.0. The van der Waals surface area contributed by atoms with E-state index in [-0.39, 0.29) is 31.1 Å². The average molecular weight is 408 g/mol. The van der Waals surface area contributed by atoms with Gasteiger partial charge in [-0.3, -0.25) is 9.59 Å². The van der Waals surface area contributed by atoms with Gasteiger partial charge < -0.3 is 15.0 Å². The Morgan fingerprint density at radius 3 is 2.34 bits per heavy atom. The number of benzene rings is 2. The molecule has 0 bridgehead atoms. The molecule has 0 saturated heterocycles. The number of carbonyl (C=O) groups is 2. The first kappa shape index (κ1) is 22.3. The Balaban J connectivity index is 1.84. The molecule has 0 aliphatic heterocycles. The number of likely N-dealkylation sites (N-methyl/N-ethyl adjacent to an activating group) is 1. The number of amides is 2. The van der Waals surface area contributed by atoms with E-state index in [9.17, 15) is 22.8 Å². The third-order valence-corrected chi connectivity index (χ3v) is 4.12. The topological polar surface area (TPSA) is 58.6 Å². The van der Waals surface area contributed by atoms with Crippen molar-refractivity contribution >= 4 is 17.5 Å². The van der Waals surface area contributed by atoms with Crippen molar-refractivity contribution in [1.82, 2.24) is 4.90 Å². The molecule has 29 heavy (non-hydrogen) atoms. The van der Waals surface area contributed by atoms with Crippen LogP contribution in [0.5, 0.6) is 5.75 Å². The van der Waals surface area contributed by atoms with Crippen molar-refractivity contribution in [1.29, 1.82) is 0 Å². The Hall–Kier alpha value is -3.03. The number of nitrogens with zero attached hydrogens (tertiary/aromatic N) is 1. The van der Waals surface area contributed by atoms with E-state index >= 15 is 0 Å². The van der Waals surface area contributed by atoms with Gasteiger partial charge >= 0.3 is 6.18 Å². The fraction of sp³-hybridized carbons (Fsp3) is 0.333. The lowest BCUT2D eigenvalue weighted by molar-refractivity contribution is -0.137. The Morgan fingerprint density at radius 1 is 1.03 bits per heavy atom. The minimum Gasteiger partial charge on any atom is -0.494 e. The van der Waals surface area contributed by atoms with Crippen molar-refractivity contribution in [3.8, 4) is 5.75 Å². The molecule has 0 aliphatic rings. The number of hydrogen-bond acceptors (Lipinski definition) is 3. The molecule has 8 heteroatoms. The standard InChI is InChI=1S/C21H23F3N2O3/c1-2-26(20(28)13-8-14-29-16-9-4-3-5-10-16)15-19(27)25-18-12-7-6-11-17(18)21(22,23)24/h3-7,9-12H,2,8,13-15H2,1H3,(H,25,27). The largest absolute Gasteiger partial charge is 0.494 e. The summed E-state index contributed by atoms with van der Waals surface area (Å²) in [6.45, 7) is 2.00. The van der Waals surface area contributed by atoms with Gasteiger partial charge in [0.25, 0.3) is 0 Å². The first-order valence-corrected chi connectivity index (χ1v) is 9.23. The van der Waals surface area contributed by atoms with Gasteiger partial charge in [-0.05, 0) is 37.6 Å². The SMILES string of the molecule is CCN(CC(=O)Nc1ccccc1C(F)(F)F)C(=O)CCCOc1ccccc1. The number of halogens is 3. The number of hydrogen-bond donors (Lipinski definition) is 1. The van der Waals surface area contributed by atoms with Gasteiger partial charge in [0.2, 0.25) is 11.8 Å². The zero-order valence-electron chi connectivity index (χ0n) is 16.0. The molecule has 0 spiro atoms. The maximum absolute atomic E-state index is 13.0. The number of carbonyl (C=O) groups excluding carboxylic acids is 2. The minimum absolute atomic E-state index is 0.174. The Kier molecular flexibility index (Phi) is 8.06. The van der Waals surface area contributed by atoms with E-state index in [1.807, 2.05) is 30.3 Å². The predicted octanol–water partition coefficient (Wildman–Crippen LogP) is 4.35. The second kappa shape index (κ2) is 10.5. The quantitative estimate of drug-likeness (QED) is 0.628. The summed E-state index contributed by atoms with van der Waals surface area (Å²) in [7, 11) is 0. The molecule has 2 aromatic carbocycles. The van der Waals surface area contributed by atoms with Crippen LogP contribution in [0.1, 0.15) is 25.3 Å². The summed E-state index contributed by atoms with van der Waals surface area (Å²) in [5.74, 6) is -0.240. The second-order valence-electron chi connectivity index (χ2n) is 6.26. The van der Waals surface area contributed by atoms with Crippen LogP contribution in [0.25, 0.3) is 0 Å². The van der Waals surface area contributed by atoms with E-state index in [4.69, 9.17) is 4.74 Å². The van der Waals surface area contributed by atoms with Gasteiger partial charge in [0.1, 0.15) is 5.75 Å². The van der Waals surface area contributed by atoms with Crippen molar-refractivity contribution in [2.45, 2.75) is 25.9 Å². The van der Waals surface area contributed by atoms with Crippen molar-refractivity contribution in [3.05, 3.63) is 60.2 Å². The number of nitrogens with one attached hydrogen (secondary N) is 1. The van der Waals surface area contributed by atoms with Gasteiger partial charge in [0, 0.05) is 13.0 Å². The fourth-order valence-corrected chi connectivity index (χ4v) is 2.67. The number of anilines is 1. The molecule has 0 saturated carbocycles. The van der Waals surface area contributed by atoms with E-state index in [0.717, 1.165) is 6.07 Å². The number of ether oxygens (including phenoxy) is 1. The van der Waals surface area contributed by atoms with Gasteiger partial charge in [0.15, 0.2) is 0 Å². The summed E-state index contributed by atoms with van der Waals surface area (Å²) in [5, 5.41) is 2.25. The van der Waals surface area contributed by atoms with Crippen LogP contribution in [0, 0.1) is 0 Å². The molecule has 0 heterocycles. The van der Waals surface area contributed by atoms with E-state index in [1.165, 1.54) is 23.1 Å². The highest BCUT2D eigenvalue weighted by molar-refractivity contribution is 5.95. The van der Waals surface area contributed by atoms with Gasteiger partial charge in [-0.1, -0.05) is 30.3 Å². The summed E-state index contributed by atoms with van der Waals surface area (Å²) >= 11 is 0. The van der Waals surface area contributed by atoms with Gasteiger partial charge in [-0.15, -0.1) is 0 Å². The van der Waals surface area contributed by atoms with Gasteiger partial charge in [-0.25, -0.2) is 0 Å². The van der Waals surface area contributed by atoms with E-state index < -0.39 is 17.6 Å². The van der Waals surface area contributed by atoms with E-state index in [2.05, 4.69) is 5.32 Å². The lowest BCUT2D eigenvalue weighted by Crippen LogP contribution is -2.38. The molecule has 0 aliphatic carbocycles. The molecule has 2 rings (SSSR count). The third-order valence-electron chi connectivity index (χ3n) is 4.12. The molecule has 0 atom stereocenters. The van der Waals surface area contributed by atoms with Crippen LogP contribution in [0.15, 0.2) is 54.6 Å². The molecule has 0 radical (unpaired) electrons. The highest BCUT2D eigenvalue weighted by Crippen LogP contribution is 2.34. The first-order valence-electron chi connectivity index (χ1n) is 9.23. The lowest BCUT2D eigenvalue weighted by atomic mass is 10.1. The Bertz CT molecular complexity index is 810. The van der Waals surface area contributed by atoms with Crippen LogP contribution in [0.3, 0.4) is 0 Å². The van der Waals surface area contributed by atoms with Crippen molar-refractivity contribution in [3.63, 3.8) is 0 Å². The van der Waals surface area contributed by atoms with E-state index in [0.29, 0.717) is 18.8 Å². The van der Waals surface area contributed by atoms with Crippen molar-refractivity contribution in [2.75, 3.05) is 25.0 Å². The number of alkyl halides is 3. The summed E-state index contributed by atoms with van der Waals surface area (Å²) in [6, 6.07) is 13.9. The van der Waals surface area contributed by atoms with Crippen LogP contribution in [-0.2, 0) is 15.8 Å². The first-order chi connectivity index (χ1) is 13.8. The molecule has 0 fully saturated rings. The van der Waals surface area contributed by atoms with Gasteiger partial charge in [-0.2, -0.15) is 13.2 Å². The summed E-state index contributed by atoms with van der Waals surface area (Å²) in [5.41, 5.74) is -1.26. The summed E-state index contributed by atoms with van der Waals surface area (Å²) < 4.78 is 44.6. The lowest BCUT2D eigenvalue weighted by Gasteiger charge is -2.21. The maximum atomic E-state index is 13.0. The average Bonchev–Trinajstić information content (AvgIpc) is 2.69. The van der Waals surface area contributed by atoms with Crippen molar-refractivity contribution < 1.29 is 27.5 Å². The van der Waals surface area contributed by atoms with Crippen LogP contribution in [0.2, 0.25) is 0 Å². The van der Waals surface area contributed by atoms with Crippen LogP contribution >= 0.6 is 0 Å². The molecule has 0 unspecified atom stereocenters. The summed E-state index contributed by atoms with van der Waals surface area (Å²) in [6.07, 6.45) is -3.95. The molecule has 156 valence electrons. The highest BCUT2D eigenvalue weighted by Gasteiger charge is 2.33.